The molecule has 0 atom stereocenters. The summed E-state index contributed by atoms with van der Waals surface area (Å²) in [6.45, 7) is 2.34. The third-order valence-corrected chi connectivity index (χ3v) is 2.38. The van der Waals surface area contributed by atoms with Crippen LogP contribution in [0.25, 0.3) is 5.65 Å². The van der Waals surface area contributed by atoms with Gasteiger partial charge in [-0.1, -0.05) is 0 Å². The molecule has 0 aromatic carbocycles. The highest BCUT2D eigenvalue weighted by Crippen LogP contribution is 2.17. The molecule has 20 heavy (non-hydrogen) atoms. The van der Waals surface area contributed by atoms with Crippen molar-refractivity contribution in [3.05, 3.63) is 24.5 Å². The Bertz CT molecular complexity index is 637. The number of amides is 2. The largest absolute Gasteiger partial charge is 0.513 e. The Morgan fingerprint density at radius 3 is 2.95 bits per heavy atom. The molecule has 0 saturated heterocycles. The number of rotatable bonds is 3. The average Bonchev–Trinajstić information content (AvgIpc) is 2.80. The molecule has 0 radical (unpaired) electrons. The van der Waals surface area contributed by atoms with Crippen molar-refractivity contribution in [3.63, 3.8) is 0 Å². The number of anilines is 1. The minimum Gasteiger partial charge on any atom is -0.437 e. The molecule has 0 unspecified atom stereocenters. The molecule has 0 aliphatic heterocycles. The molecule has 0 spiro atoms. The summed E-state index contributed by atoms with van der Waals surface area (Å²) in [6, 6.07) is 2.81. The van der Waals surface area contributed by atoms with E-state index in [1.165, 1.54) is 7.11 Å². The van der Waals surface area contributed by atoms with Gasteiger partial charge in [-0.15, -0.1) is 0 Å². The Morgan fingerprint density at radius 1 is 1.45 bits per heavy atom. The molecule has 2 aromatic heterocycles. The van der Waals surface area contributed by atoms with Gasteiger partial charge in [-0.2, -0.15) is 0 Å². The average molecular weight is 278 g/mol. The summed E-state index contributed by atoms with van der Waals surface area (Å²) in [5, 5.41) is 5.19. The van der Waals surface area contributed by atoms with Crippen LogP contribution in [0.5, 0.6) is 5.75 Å². The van der Waals surface area contributed by atoms with Crippen molar-refractivity contribution in [1.82, 2.24) is 14.7 Å². The van der Waals surface area contributed by atoms with E-state index in [1.54, 1.807) is 28.9 Å². The number of methoxy groups -OCH3 is 1. The van der Waals surface area contributed by atoms with Gasteiger partial charge in [-0.05, 0) is 13.0 Å². The molecule has 2 rings (SSSR count). The van der Waals surface area contributed by atoms with E-state index in [9.17, 15) is 9.59 Å². The van der Waals surface area contributed by atoms with Gasteiger partial charge in [0.2, 0.25) is 0 Å². The molecule has 0 aliphatic carbocycles. The van der Waals surface area contributed by atoms with Crippen molar-refractivity contribution < 1.29 is 19.1 Å². The summed E-state index contributed by atoms with van der Waals surface area (Å²) >= 11 is 0. The summed E-state index contributed by atoms with van der Waals surface area (Å²) in [7, 11) is 1.23. The van der Waals surface area contributed by atoms with Gasteiger partial charge in [0.25, 0.3) is 0 Å². The van der Waals surface area contributed by atoms with Crippen molar-refractivity contribution in [3.8, 4) is 5.75 Å². The quantitative estimate of drug-likeness (QED) is 0.832. The second-order valence-electron chi connectivity index (χ2n) is 3.79. The summed E-state index contributed by atoms with van der Waals surface area (Å²) in [4.78, 5) is 26.6. The fourth-order valence-electron chi connectivity index (χ4n) is 1.55. The molecule has 0 saturated carbocycles. The minimum atomic E-state index is -0.804. The molecular formula is C12H14N4O4. The number of hydrogen-bond donors (Lipinski definition) is 2. The SMILES string of the molecule is CCNC(=O)Nc1cn2ccc(OC(=O)OC)cc2n1. The number of urea groups is 1. The topological polar surface area (TPSA) is 94.0 Å². The van der Waals surface area contributed by atoms with Crippen LogP contribution in [-0.2, 0) is 4.74 Å². The lowest BCUT2D eigenvalue weighted by molar-refractivity contribution is 0.121. The van der Waals surface area contributed by atoms with Gasteiger partial charge in [0.05, 0.1) is 13.3 Å². The molecule has 0 bridgehead atoms. The van der Waals surface area contributed by atoms with E-state index in [0.29, 0.717) is 23.8 Å². The first-order valence-electron chi connectivity index (χ1n) is 5.91. The minimum absolute atomic E-state index is 0.305. The molecule has 2 N–H and O–H groups in total. The lowest BCUT2D eigenvalue weighted by Crippen LogP contribution is -2.28. The van der Waals surface area contributed by atoms with Crippen molar-refractivity contribution in [1.29, 1.82) is 0 Å². The zero-order chi connectivity index (χ0) is 14.5. The predicted molar refractivity (Wildman–Crippen MR) is 70.9 cm³/mol. The van der Waals surface area contributed by atoms with E-state index in [1.807, 2.05) is 6.92 Å². The zero-order valence-corrected chi connectivity index (χ0v) is 11.0. The van der Waals surface area contributed by atoms with Crippen LogP contribution in [0.4, 0.5) is 15.4 Å². The number of nitrogens with one attached hydrogen (secondary N) is 2. The highest BCUT2D eigenvalue weighted by molar-refractivity contribution is 5.88. The fourth-order valence-corrected chi connectivity index (χ4v) is 1.55. The maximum atomic E-state index is 11.4. The van der Waals surface area contributed by atoms with E-state index in [0.717, 1.165) is 0 Å². The predicted octanol–water partition coefficient (Wildman–Crippen LogP) is 1.62. The van der Waals surface area contributed by atoms with Crippen molar-refractivity contribution >= 4 is 23.7 Å². The zero-order valence-electron chi connectivity index (χ0n) is 11.0. The molecule has 2 heterocycles. The van der Waals surface area contributed by atoms with Crippen LogP contribution >= 0.6 is 0 Å². The van der Waals surface area contributed by atoms with Crippen LogP contribution in [0, 0.1) is 0 Å². The van der Waals surface area contributed by atoms with Gasteiger partial charge in [0, 0.05) is 18.8 Å². The number of pyridine rings is 1. The second kappa shape index (κ2) is 5.91. The first-order chi connectivity index (χ1) is 9.62. The van der Waals surface area contributed by atoms with Crippen molar-refractivity contribution in [2.45, 2.75) is 6.92 Å². The number of nitrogens with zero attached hydrogens (tertiary/aromatic N) is 2. The summed E-state index contributed by atoms with van der Waals surface area (Å²) in [5.41, 5.74) is 0.526. The number of hydrogen-bond acceptors (Lipinski definition) is 5. The standard InChI is InChI=1S/C12H14N4O4/c1-3-13-11(17)15-9-7-16-5-4-8(6-10(16)14-9)20-12(18)19-2/h4-7H,3H2,1-2H3,(H2,13,15,17). The van der Waals surface area contributed by atoms with Crippen LogP contribution in [0.15, 0.2) is 24.5 Å². The van der Waals surface area contributed by atoms with Gasteiger partial charge < -0.3 is 19.2 Å². The van der Waals surface area contributed by atoms with E-state index >= 15 is 0 Å². The number of fused-ring (bicyclic) bond motifs is 1. The smallest absolute Gasteiger partial charge is 0.437 e. The molecule has 106 valence electrons. The summed E-state index contributed by atoms with van der Waals surface area (Å²) in [6.07, 6.45) is 2.50. The molecule has 2 amide bonds. The van der Waals surface area contributed by atoms with Gasteiger partial charge in [-0.25, -0.2) is 14.6 Å². The lowest BCUT2D eigenvalue weighted by atomic mass is 10.4. The van der Waals surface area contributed by atoms with Crippen LogP contribution in [-0.4, -0.2) is 35.2 Å². The maximum absolute atomic E-state index is 11.4. The first kappa shape index (κ1) is 13.7. The monoisotopic (exact) mass is 278 g/mol. The van der Waals surface area contributed by atoms with Gasteiger partial charge >= 0.3 is 12.2 Å². The Morgan fingerprint density at radius 2 is 2.25 bits per heavy atom. The Labute approximate surface area is 114 Å². The molecule has 8 nitrogen and oxygen atoms in total. The molecule has 0 fully saturated rings. The highest BCUT2D eigenvalue weighted by atomic mass is 16.7. The van der Waals surface area contributed by atoms with Crippen LogP contribution in [0.1, 0.15) is 6.92 Å². The van der Waals surface area contributed by atoms with Crippen molar-refractivity contribution in [2.75, 3.05) is 19.0 Å². The Hall–Kier alpha value is -2.77. The third-order valence-electron chi connectivity index (χ3n) is 2.38. The number of ether oxygens (including phenoxy) is 2. The van der Waals surface area contributed by atoms with E-state index in [2.05, 4.69) is 20.4 Å². The number of imidazole rings is 1. The van der Waals surface area contributed by atoms with Gasteiger partial charge in [0.1, 0.15) is 11.4 Å². The van der Waals surface area contributed by atoms with Crippen molar-refractivity contribution in [2.24, 2.45) is 0 Å². The highest BCUT2D eigenvalue weighted by Gasteiger charge is 2.08. The Balaban J connectivity index is 2.17. The normalized spacial score (nSPS) is 10.1. The molecule has 8 heteroatoms. The van der Waals surface area contributed by atoms with Crippen LogP contribution in [0.3, 0.4) is 0 Å². The third kappa shape index (κ3) is 3.16. The maximum Gasteiger partial charge on any atom is 0.513 e. The van der Waals surface area contributed by atoms with E-state index in [-0.39, 0.29) is 6.03 Å². The molecule has 0 aliphatic rings. The lowest BCUT2D eigenvalue weighted by Gasteiger charge is -2.01. The number of carbonyl (C=O) groups excluding carboxylic acids is 2. The molecular weight excluding hydrogens is 264 g/mol. The molecule has 2 aromatic rings. The van der Waals surface area contributed by atoms with Crippen LogP contribution in [0.2, 0.25) is 0 Å². The summed E-state index contributed by atoms with van der Waals surface area (Å²) in [5.74, 6) is 0.700. The Kier molecular flexibility index (Phi) is 4.04. The van der Waals surface area contributed by atoms with E-state index in [4.69, 9.17) is 4.74 Å². The number of carbonyl (C=O) groups is 2. The van der Waals surface area contributed by atoms with Gasteiger partial charge in [-0.3, -0.25) is 5.32 Å². The second-order valence-corrected chi connectivity index (χ2v) is 3.79. The van der Waals surface area contributed by atoms with E-state index < -0.39 is 6.16 Å². The number of aromatic nitrogens is 2. The van der Waals surface area contributed by atoms with Crippen LogP contribution < -0.4 is 15.4 Å². The summed E-state index contributed by atoms with van der Waals surface area (Å²) < 4.78 is 11.0. The first-order valence-corrected chi connectivity index (χ1v) is 5.91. The van der Waals surface area contributed by atoms with Gasteiger partial charge in [0.15, 0.2) is 5.82 Å². The fraction of sp³-hybridized carbons (Fsp3) is 0.250.